The van der Waals surface area contributed by atoms with Gasteiger partial charge in [-0.2, -0.15) is 5.10 Å². The van der Waals surface area contributed by atoms with Crippen molar-refractivity contribution in [3.8, 4) is 5.75 Å². The molecule has 0 saturated carbocycles. The monoisotopic (exact) mass is 475 g/mol. The minimum atomic E-state index is -0.680. The second-order valence-corrected chi connectivity index (χ2v) is 8.31. The first kappa shape index (κ1) is 22.8. The second-order valence-electron chi connectivity index (χ2n) is 7.90. The molecule has 1 aliphatic heterocycles. The first-order valence-electron chi connectivity index (χ1n) is 10.6. The van der Waals surface area contributed by atoms with Crippen LogP contribution in [0.15, 0.2) is 23.0 Å². The van der Waals surface area contributed by atoms with Gasteiger partial charge in [0.1, 0.15) is 11.2 Å². The predicted octanol–water partition coefficient (Wildman–Crippen LogP) is 2.53. The van der Waals surface area contributed by atoms with E-state index in [1.54, 1.807) is 11.8 Å². The molecular weight excluding hydrogens is 453 g/mol. The normalized spacial score (nSPS) is 15.7. The minimum Gasteiger partial charge on any atom is -0.505 e. The van der Waals surface area contributed by atoms with Crippen molar-refractivity contribution in [1.29, 1.82) is 0 Å². The number of amides is 2. The Balaban J connectivity index is 2.01. The van der Waals surface area contributed by atoms with Gasteiger partial charge in [0.25, 0.3) is 17.4 Å². The van der Waals surface area contributed by atoms with Crippen molar-refractivity contribution in [1.82, 2.24) is 24.6 Å². The van der Waals surface area contributed by atoms with E-state index >= 15 is 0 Å². The molecule has 0 radical (unpaired) electrons. The largest absolute Gasteiger partial charge is 0.505 e. The number of rotatable bonds is 5. The fourth-order valence-corrected chi connectivity index (χ4v) is 4.42. The molecule has 1 unspecified atom stereocenters. The molecule has 2 aromatic heterocycles. The van der Waals surface area contributed by atoms with Gasteiger partial charge in [-0.1, -0.05) is 17.7 Å². The molecule has 2 N–H and O–H groups in total. The molecule has 0 spiro atoms. The molecule has 2 amide bonds. The third-order valence-corrected chi connectivity index (χ3v) is 6.03. The number of nitrogens with one attached hydrogen (secondary N) is 1. The van der Waals surface area contributed by atoms with Gasteiger partial charge >= 0.3 is 0 Å². The lowest BCUT2D eigenvalue weighted by Gasteiger charge is -2.32. The molecule has 174 valence electrons. The molecule has 1 atom stereocenters. The summed E-state index contributed by atoms with van der Waals surface area (Å²) in [5.41, 5.74) is -0.227. The lowest BCUT2D eigenvalue weighted by molar-refractivity contribution is 0.0685. The summed E-state index contributed by atoms with van der Waals surface area (Å²) >= 11 is 5.86. The zero-order valence-corrected chi connectivity index (χ0v) is 19.1. The Kier molecular flexibility index (Phi) is 5.87. The summed E-state index contributed by atoms with van der Waals surface area (Å²) in [6, 6.07) is 3.67. The number of hydrogen-bond acceptors (Lipinski definition) is 5. The third-order valence-electron chi connectivity index (χ3n) is 5.74. The number of hydrogen-bond donors (Lipinski definition) is 2. The van der Waals surface area contributed by atoms with Crippen molar-refractivity contribution in [2.45, 2.75) is 33.4 Å². The first-order chi connectivity index (χ1) is 15.7. The molecule has 3 heterocycles. The number of carbonyl (C=O) groups is 2. The van der Waals surface area contributed by atoms with E-state index < -0.39 is 28.9 Å². The number of aromatic hydroxyl groups is 1. The first-order valence-corrected chi connectivity index (χ1v) is 11.0. The lowest BCUT2D eigenvalue weighted by Crippen LogP contribution is -2.42. The van der Waals surface area contributed by atoms with Crippen LogP contribution in [0.4, 0.5) is 4.39 Å². The van der Waals surface area contributed by atoms with Crippen LogP contribution in [0.2, 0.25) is 5.02 Å². The van der Waals surface area contributed by atoms with Crippen LogP contribution in [-0.4, -0.2) is 55.8 Å². The number of fused-ring (bicyclic) bond motifs is 3. The smallest absolute Gasteiger partial charge is 0.280 e. The fraction of sp³-hybridized carbons (Fsp3) is 0.364. The number of likely N-dealkylation sites (N-methyl/N-ethyl adjacent to an activating group) is 1. The molecule has 33 heavy (non-hydrogen) atoms. The van der Waals surface area contributed by atoms with E-state index in [1.807, 2.05) is 13.8 Å². The Bertz CT molecular complexity index is 1350. The van der Waals surface area contributed by atoms with Gasteiger partial charge in [-0.15, -0.1) is 0 Å². The Morgan fingerprint density at radius 2 is 2.06 bits per heavy atom. The highest BCUT2D eigenvalue weighted by Gasteiger charge is 2.37. The van der Waals surface area contributed by atoms with Crippen LogP contribution in [0, 0.1) is 5.82 Å². The van der Waals surface area contributed by atoms with E-state index in [2.05, 4.69) is 10.4 Å². The molecule has 0 saturated heterocycles. The molecule has 4 rings (SSSR count). The van der Waals surface area contributed by atoms with Crippen molar-refractivity contribution in [2.24, 2.45) is 0 Å². The Morgan fingerprint density at radius 3 is 2.70 bits per heavy atom. The number of halogens is 2. The Labute approximate surface area is 193 Å². The molecule has 0 bridgehead atoms. The van der Waals surface area contributed by atoms with E-state index in [1.165, 1.54) is 22.8 Å². The van der Waals surface area contributed by atoms with Crippen LogP contribution in [0.25, 0.3) is 10.9 Å². The van der Waals surface area contributed by atoms with E-state index in [0.29, 0.717) is 25.2 Å². The molecule has 9 nitrogen and oxygen atoms in total. The van der Waals surface area contributed by atoms with Crippen LogP contribution in [0.1, 0.15) is 53.4 Å². The average Bonchev–Trinajstić information content (AvgIpc) is 3.09. The topological polar surface area (TPSA) is 109 Å². The summed E-state index contributed by atoms with van der Waals surface area (Å²) in [5.74, 6) is -2.07. The summed E-state index contributed by atoms with van der Waals surface area (Å²) in [6.45, 7) is 6.38. The van der Waals surface area contributed by atoms with Crippen LogP contribution in [0.5, 0.6) is 5.75 Å². The lowest BCUT2D eigenvalue weighted by atomic mass is 10.2. The third kappa shape index (κ3) is 3.64. The van der Waals surface area contributed by atoms with Crippen LogP contribution < -0.4 is 10.9 Å². The Morgan fingerprint density at radius 1 is 1.33 bits per heavy atom. The molecular formula is C22H23ClFN5O4. The van der Waals surface area contributed by atoms with E-state index in [9.17, 15) is 23.9 Å². The summed E-state index contributed by atoms with van der Waals surface area (Å²) in [7, 11) is 0. The van der Waals surface area contributed by atoms with Crippen molar-refractivity contribution in [3.05, 3.63) is 56.3 Å². The SMILES string of the molecule is CCNC(=O)c1nn(Cc2ccc(F)c(Cl)c2)c(=O)c2c(O)c3n(c12)C(C)CN(CC)C3=O. The molecule has 3 aromatic rings. The zero-order valence-electron chi connectivity index (χ0n) is 18.4. The van der Waals surface area contributed by atoms with Gasteiger partial charge in [-0.3, -0.25) is 14.4 Å². The van der Waals surface area contributed by atoms with Crippen LogP contribution in [-0.2, 0) is 6.54 Å². The van der Waals surface area contributed by atoms with Gasteiger partial charge < -0.3 is 19.9 Å². The maximum absolute atomic E-state index is 13.6. The summed E-state index contributed by atoms with van der Waals surface area (Å²) < 4.78 is 16.1. The molecule has 0 aliphatic carbocycles. The van der Waals surface area contributed by atoms with Gasteiger partial charge in [0.2, 0.25) is 0 Å². The predicted molar refractivity (Wildman–Crippen MR) is 120 cm³/mol. The van der Waals surface area contributed by atoms with Crippen LogP contribution in [0.3, 0.4) is 0 Å². The molecule has 11 heteroatoms. The van der Waals surface area contributed by atoms with Gasteiger partial charge in [0.05, 0.1) is 17.1 Å². The van der Waals surface area contributed by atoms with E-state index in [0.717, 1.165) is 4.68 Å². The number of aromatic nitrogens is 3. The fourth-order valence-electron chi connectivity index (χ4n) is 4.22. The summed E-state index contributed by atoms with van der Waals surface area (Å²) in [6.07, 6.45) is 0. The quantitative estimate of drug-likeness (QED) is 0.589. The van der Waals surface area contributed by atoms with Crippen molar-refractivity contribution < 1.29 is 19.1 Å². The van der Waals surface area contributed by atoms with Gasteiger partial charge in [0.15, 0.2) is 17.1 Å². The molecule has 1 aromatic carbocycles. The van der Waals surface area contributed by atoms with E-state index in [-0.39, 0.29) is 39.9 Å². The number of nitrogens with zero attached hydrogens (tertiary/aromatic N) is 4. The van der Waals surface area contributed by atoms with Gasteiger partial charge in [-0.05, 0) is 38.5 Å². The maximum Gasteiger partial charge on any atom is 0.280 e. The molecule has 0 fully saturated rings. The molecule has 1 aliphatic rings. The minimum absolute atomic E-state index is 0.0439. The van der Waals surface area contributed by atoms with Gasteiger partial charge in [-0.25, -0.2) is 9.07 Å². The highest BCUT2D eigenvalue weighted by molar-refractivity contribution is 6.30. The number of benzene rings is 1. The standard InChI is InChI=1S/C22H23ClFN5O4/c1-4-25-20(31)16-17-15(19(30)18-22(33)27(5-2)9-11(3)29(17)18)21(32)28(26-16)10-12-6-7-14(24)13(23)8-12/h6-8,11,30H,4-5,9-10H2,1-3H3,(H,25,31). The average molecular weight is 476 g/mol. The number of carbonyl (C=O) groups excluding carboxylic acids is 2. The van der Waals surface area contributed by atoms with Crippen molar-refractivity contribution in [2.75, 3.05) is 19.6 Å². The summed E-state index contributed by atoms with van der Waals surface area (Å²) in [5, 5.41) is 17.7. The second kappa shape index (κ2) is 8.51. The van der Waals surface area contributed by atoms with E-state index in [4.69, 9.17) is 11.6 Å². The highest BCUT2D eigenvalue weighted by atomic mass is 35.5. The maximum atomic E-state index is 13.6. The van der Waals surface area contributed by atoms with Crippen molar-refractivity contribution >= 4 is 34.3 Å². The van der Waals surface area contributed by atoms with Gasteiger partial charge in [0, 0.05) is 25.7 Å². The van der Waals surface area contributed by atoms with Crippen molar-refractivity contribution in [3.63, 3.8) is 0 Å². The highest BCUT2D eigenvalue weighted by Crippen LogP contribution is 2.37. The van der Waals surface area contributed by atoms with Crippen LogP contribution >= 0.6 is 11.6 Å². The zero-order chi connectivity index (χ0) is 24.0. The summed E-state index contributed by atoms with van der Waals surface area (Å²) in [4.78, 5) is 40.9. The Hall–Kier alpha value is -3.40.